The molecule has 0 saturated carbocycles. The number of aliphatic hydroxyl groups excluding tert-OH is 1. The number of hydrogen-bond acceptors (Lipinski definition) is 6. The van der Waals surface area contributed by atoms with Gasteiger partial charge in [-0.15, -0.1) is 0 Å². The molecule has 0 heterocycles. The van der Waals surface area contributed by atoms with Gasteiger partial charge < -0.3 is 28.8 Å². The highest BCUT2D eigenvalue weighted by molar-refractivity contribution is 7.45. The van der Waals surface area contributed by atoms with Gasteiger partial charge in [0, 0.05) is 6.42 Å². The normalized spacial score (nSPS) is 13.7. The van der Waals surface area contributed by atoms with Gasteiger partial charge in [0.2, 0.25) is 5.91 Å². The number of rotatable bonds is 66. The van der Waals surface area contributed by atoms with E-state index in [1.54, 1.807) is 6.08 Å². The standard InChI is InChI=1S/C69H139N2O6P/c1-6-8-10-12-14-16-18-20-22-24-26-28-30-31-32-33-34-35-36-37-38-39-40-41-43-45-47-49-51-53-55-57-59-61-63-69(73)70-67(66-77-78(74,75)76-65-64-71(3,4)5)68(72)62-60-58-56-54-52-50-48-46-44-42-29-27-25-23-21-19-17-15-13-11-9-7-2/h60,62,67-68,72H,6-59,61,63-66H2,1-5H3,(H-,70,73,74,75)/b62-60+. The van der Waals surface area contributed by atoms with E-state index < -0.39 is 20.0 Å². The fourth-order valence-electron chi connectivity index (χ4n) is 11.0. The number of carbonyl (C=O) groups is 1. The lowest BCUT2D eigenvalue weighted by Gasteiger charge is -2.29. The average molecular weight is 1120 g/mol. The van der Waals surface area contributed by atoms with Crippen LogP contribution in [-0.4, -0.2) is 68.5 Å². The zero-order chi connectivity index (χ0) is 57.0. The molecule has 0 aliphatic rings. The molecule has 3 unspecified atom stereocenters. The van der Waals surface area contributed by atoms with Gasteiger partial charge >= 0.3 is 0 Å². The zero-order valence-electron chi connectivity index (χ0n) is 53.4. The zero-order valence-corrected chi connectivity index (χ0v) is 54.3. The molecule has 0 fully saturated rings. The van der Waals surface area contributed by atoms with Gasteiger partial charge in [0.1, 0.15) is 13.2 Å². The Balaban J connectivity index is 3.98. The quantitative estimate of drug-likeness (QED) is 0.0272. The first kappa shape index (κ1) is 77.2. The fraction of sp³-hybridized carbons (Fsp3) is 0.957. The van der Waals surface area contributed by atoms with Crippen LogP contribution in [0.2, 0.25) is 0 Å². The van der Waals surface area contributed by atoms with Crippen LogP contribution in [0.15, 0.2) is 12.2 Å². The molecule has 0 aliphatic heterocycles. The Morgan fingerprint density at radius 1 is 0.436 bits per heavy atom. The number of likely N-dealkylation sites (N-methyl/N-ethyl adjacent to an activating group) is 1. The highest BCUT2D eigenvalue weighted by atomic mass is 31.2. The topological polar surface area (TPSA) is 108 Å². The third-order valence-electron chi connectivity index (χ3n) is 16.5. The second-order valence-electron chi connectivity index (χ2n) is 25.6. The molecule has 0 aromatic rings. The molecule has 78 heavy (non-hydrogen) atoms. The summed E-state index contributed by atoms with van der Waals surface area (Å²) in [5.41, 5.74) is 0. The first-order valence-corrected chi connectivity index (χ1v) is 36.5. The Labute approximate surface area is 488 Å². The molecule has 1 amide bonds. The largest absolute Gasteiger partial charge is 0.756 e. The molecule has 2 N–H and O–H groups in total. The highest BCUT2D eigenvalue weighted by Gasteiger charge is 2.23. The van der Waals surface area contributed by atoms with Crippen LogP contribution < -0.4 is 10.2 Å². The fourth-order valence-corrected chi connectivity index (χ4v) is 11.8. The summed E-state index contributed by atoms with van der Waals surface area (Å²) >= 11 is 0. The van der Waals surface area contributed by atoms with Crippen LogP contribution in [0.25, 0.3) is 0 Å². The lowest BCUT2D eigenvalue weighted by atomic mass is 10.0. The summed E-state index contributed by atoms with van der Waals surface area (Å²) in [4.78, 5) is 25.6. The first-order valence-electron chi connectivity index (χ1n) is 35.1. The monoisotopic (exact) mass is 1120 g/mol. The predicted octanol–water partition coefficient (Wildman–Crippen LogP) is 21.5. The Morgan fingerprint density at radius 2 is 0.692 bits per heavy atom. The van der Waals surface area contributed by atoms with Crippen LogP contribution >= 0.6 is 7.82 Å². The van der Waals surface area contributed by atoms with Crippen molar-refractivity contribution in [2.45, 2.75) is 386 Å². The molecule has 0 saturated heterocycles. The second-order valence-corrected chi connectivity index (χ2v) is 27.0. The number of phosphoric ester groups is 1. The van der Waals surface area contributed by atoms with E-state index in [9.17, 15) is 19.4 Å². The maximum atomic E-state index is 13.0. The molecule has 0 aliphatic carbocycles. The predicted molar refractivity (Wildman–Crippen MR) is 339 cm³/mol. The number of hydrogen-bond donors (Lipinski definition) is 2. The molecule has 466 valence electrons. The summed E-state index contributed by atoms with van der Waals surface area (Å²) in [6.07, 6.45) is 77.7. The molecule has 8 nitrogen and oxygen atoms in total. The minimum Gasteiger partial charge on any atom is -0.756 e. The van der Waals surface area contributed by atoms with Crippen LogP contribution in [0, 0.1) is 0 Å². The van der Waals surface area contributed by atoms with Gasteiger partial charge in [-0.25, -0.2) is 0 Å². The molecule has 9 heteroatoms. The van der Waals surface area contributed by atoms with Crippen molar-refractivity contribution >= 4 is 13.7 Å². The maximum absolute atomic E-state index is 13.0. The summed E-state index contributed by atoms with van der Waals surface area (Å²) in [6.45, 7) is 4.72. The van der Waals surface area contributed by atoms with Crippen LogP contribution in [0.3, 0.4) is 0 Å². The van der Waals surface area contributed by atoms with Crippen molar-refractivity contribution in [3.05, 3.63) is 12.2 Å². The summed E-state index contributed by atoms with van der Waals surface area (Å²) in [7, 11) is 1.28. The molecule has 0 aromatic carbocycles. The van der Waals surface area contributed by atoms with E-state index in [0.717, 1.165) is 38.5 Å². The molecule has 0 bridgehead atoms. The number of nitrogens with zero attached hydrogens (tertiary/aromatic N) is 1. The van der Waals surface area contributed by atoms with Gasteiger partial charge in [0.15, 0.2) is 0 Å². The van der Waals surface area contributed by atoms with Gasteiger partial charge in [0.05, 0.1) is 39.9 Å². The van der Waals surface area contributed by atoms with Gasteiger partial charge in [-0.2, -0.15) is 0 Å². The van der Waals surface area contributed by atoms with Crippen molar-refractivity contribution in [1.29, 1.82) is 0 Å². The molecule has 0 spiro atoms. The third kappa shape index (κ3) is 62.8. The summed E-state index contributed by atoms with van der Waals surface area (Å²) in [6, 6.07) is -0.883. The van der Waals surface area contributed by atoms with Crippen molar-refractivity contribution in [2.75, 3.05) is 40.9 Å². The number of aliphatic hydroxyl groups is 1. The number of carbonyl (C=O) groups excluding carboxylic acids is 1. The van der Waals surface area contributed by atoms with E-state index in [2.05, 4.69) is 19.2 Å². The number of unbranched alkanes of at least 4 members (excludes halogenated alkanes) is 53. The minimum absolute atomic E-state index is 0.00295. The molecule has 0 radical (unpaired) electrons. The summed E-state index contributed by atoms with van der Waals surface area (Å²) < 4.78 is 23.5. The Hall–Kier alpha value is -0.760. The van der Waals surface area contributed by atoms with E-state index in [0.29, 0.717) is 17.4 Å². The molecule has 0 aromatic heterocycles. The summed E-state index contributed by atoms with van der Waals surface area (Å²) in [5, 5.41) is 14.0. The Bertz CT molecular complexity index is 1280. The molecular formula is C69H139N2O6P. The van der Waals surface area contributed by atoms with E-state index in [1.165, 1.54) is 315 Å². The lowest BCUT2D eigenvalue weighted by Crippen LogP contribution is -2.45. The van der Waals surface area contributed by atoms with Crippen molar-refractivity contribution in [3.63, 3.8) is 0 Å². The van der Waals surface area contributed by atoms with Crippen LogP contribution in [0.5, 0.6) is 0 Å². The minimum atomic E-state index is -4.60. The lowest BCUT2D eigenvalue weighted by molar-refractivity contribution is -0.870. The number of quaternary nitrogens is 1. The van der Waals surface area contributed by atoms with Crippen LogP contribution in [0.1, 0.15) is 373 Å². The molecule has 3 atom stereocenters. The van der Waals surface area contributed by atoms with Gasteiger partial charge in [0.25, 0.3) is 7.82 Å². The van der Waals surface area contributed by atoms with E-state index in [4.69, 9.17) is 9.05 Å². The second kappa shape index (κ2) is 60.8. The number of allylic oxidation sites excluding steroid dienone is 1. The summed E-state index contributed by atoms with van der Waals surface area (Å²) in [5.74, 6) is -0.187. The van der Waals surface area contributed by atoms with Crippen molar-refractivity contribution in [2.24, 2.45) is 0 Å². The van der Waals surface area contributed by atoms with Crippen molar-refractivity contribution in [1.82, 2.24) is 5.32 Å². The van der Waals surface area contributed by atoms with Crippen LogP contribution in [-0.2, 0) is 18.4 Å². The van der Waals surface area contributed by atoms with Crippen molar-refractivity contribution < 1.29 is 32.9 Å². The number of nitrogens with one attached hydrogen (secondary N) is 1. The maximum Gasteiger partial charge on any atom is 0.268 e. The van der Waals surface area contributed by atoms with Crippen LogP contribution in [0.4, 0.5) is 0 Å². The van der Waals surface area contributed by atoms with Gasteiger partial charge in [-0.3, -0.25) is 9.36 Å². The number of amides is 1. The van der Waals surface area contributed by atoms with E-state index in [1.807, 2.05) is 27.2 Å². The third-order valence-corrected chi connectivity index (χ3v) is 17.5. The number of phosphoric acid groups is 1. The van der Waals surface area contributed by atoms with E-state index >= 15 is 0 Å². The SMILES string of the molecule is CCCCCCCCCCCCCCCCCCCCCC/C=C/C(O)C(COP(=O)([O-])OCC[N+](C)(C)C)NC(=O)CCCCCCCCCCCCCCCCCCCCCCCCCCCCCCCCCCCC. The Morgan fingerprint density at radius 3 is 0.962 bits per heavy atom. The average Bonchev–Trinajstić information content (AvgIpc) is 3.41. The smallest absolute Gasteiger partial charge is 0.268 e. The first-order chi connectivity index (χ1) is 38.0. The molecular weight excluding hydrogens is 984 g/mol. The van der Waals surface area contributed by atoms with Gasteiger partial charge in [-0.05, 0) is 19.3 Å². The Kier molecular flexibility index (Phi) is 60.2. The highest BCUT2D eigenvalue weighted by Crippen LogP contribution is 2.38. The van der Waals surface area contributed by atoms with Crippen molar-refractivity contribution in [3.8, 4) is 0 Å². The van der Waals surface area contributed by atoms with Gasteiger partial charge in [-0.1, -0.05) is 360 Å². The van der Waals surface area contributed by atoms with E-state index in [-0.39, 0.29) is 19.1 Å². The molecule has 0 rings (SSSR count).